The van der Waals surface area contributed by atoms with Gasteiger partial charge in [0.2, 0.25) is 0 Å². The third-order valence-corrected chi connectivity index (χ3v) is 2.78. The Morgan fingerprint density at radius 3 is 2.15 bits per heavy atom. The number of carbonyl (C=O) groups is 2. The second-order valence-corrected chi connectivity index (χ2v) is 4.26. The average molecular weight is 296 g/mol. The van der Waals surface area contributed by atoms with E-state index < -0.39 is 61.8 Å². The summed E-state index contributed by atoms with van der Waals surface area (Å²) in [6.07, 6.45) is -10.8. The fourth-order valence-corrected chi connectivity index (χ4v) is 1.69. The highest BCUT2D eigenvalue weighted by Crippen LogP contribution is 2.23. The molecule has 0 radical (unpaired) electrons. The van der Waals surface area contributed by atoms with E-state index in [1.165, 1.54) is 0 Å². The Kier molecular flexibility index (Phi) is 5.80. The van der Waals surface area contributed by atoms with Gasteiger partial charge in [0.05, 0.1) is 13.0 Å². The van der Waals surface area contributed by atoms with E-state index in [1.807, 2.05) is 0 Å². The summed E-state index contributed by atoms with van der Waals surface area (Å²) >= 11 is 0. The molecule has 0 aromatic rings. The van der Waals surface area contributed by atoms with E-state index in [4.69, 9.17) is 24.8 Å². The fraction of sp³-hybridized carbons (Fsp3) is 0.800. The minimum Gasteiger partial charge on any atom is -0.481 e. The van der Waals surface area contributed by atoms with Crippen molar-refractivity contribution < 1.29 is 49.7 Å². The van der Waals surface area contributed by atoms with Gasteiger partial charge in [-0.15, -0.1) is 0 Å². The minimum absolute atomic E-state index is 0.707. The standard InChI is InChI=1S/C10H16O10/c11-2-4-6(14)7(15)8(16)10(20-4)19-3(9(17)18)1-5(12)13/h3-4,6-8,10-11,14-16H,1-2H2,(H,12,13)(H,17,18)/t3?,4-,6-,7+,8-,10-/m1/s1. The third kappa shape index (κ3) is 3.85. The molecule has 1 heterocycles. The van der Waals surface area contributed by atoms with Gasteiger partial charge in [-0.25, -0.2) is 4.79 Å². The van der Waals surface area contributed by atoms with Crippen molar-refractivity contribution in [1.82, 2.24) is 0 Å². The highest BCUT2D eigenvalue weighted by Gasteiger charge is 2.45. The van der Waals surface area contributed by atoms with Crippen LogP contribution in [0.25, 0.3) is 0 Å². The molecule has 0 aromatic carbocycles. The first-order chi connectivity index (χ1) is 9.27. The Morgan fingerprint density at radius 1 is 1.10 bits per heavy atom. The van der Waals surface area contributed by atoms with Crippen LogP contribution in [0.3, 0.4) is 0 Å². The maximum absolute atomic E-state index is 10.8. The van der Waals surface area contributed by atoms with Gasteiger partial charge >= 0.3 is 11.9 Å². The smallest absolute Gasteiger partial charge is 0.333 e. The number of ether oxygens (including phenoxy) is 2. The first-order valence-electron chi connectivity index (χ1n) is 5.68. The Labute approximate surface area is 112 Å². The molecule has 10 heteroatoms. The van der Waals surface area contributed by atoms with Gasteiger partial charge in [0.25, 0.3) is 0 Å². The van der Waals surface area contributed by atoms with Gasteiger partial charge in [0.1, 0.15) is 24.4 Å². The normalized spacial score (nSPS) is 35.5. The van der Waals surface area contributed by atoms with Gasteiger partial charge in [-0.3, -0.25) is 4.79 Å². The van der Waals surface area contributed by atoms with Gasteiger partial charge in [0, 0.05) is 0 Å². The van der Waals surface area contributed by atoms with Crippen molar-refractivity contribution in [2.75, 3.05) is 6.61 Å². The van der Waals surface area contributed by atoms with Crippen LogP contribution in [-0.4, -0.2) is 86.0 Å². The molecule has 1 saturated heterocycles. The summed E-state index contributed by atoms with van der Waals surface area (Å²) in [6, 6.07) is 0. The van der Waals surface area contributed by atoms with E-state index in [2.05, 4.69) is 0 Å². The van der Waals surface area contributed by atoms with Crippen LogP contribution in [0, 0.1) is 0 Å². The molecule has 1 aliphatic heterocycles. The molecule has 1 unspecified atom stereocenters. The Hall–Kier alpha value is -1.30. The van der Waals surface area contributed by atoms with Crippen molar-refractivity contribution in [3.8, 4) is 0 Å². The van der Waals surface area contributed by atoms with E-state index in [1.54, 1.807) is 0 Å². The largest absolute Gasteiger partial charge is 0.481 e. The summed E-state index contributed by atoms with van der Waals surface area (Å²) in [5.74, 6) is -3.04. The zero-order valence-corrected chi connectivity index (χ0v) is 10.2. The third-order valence-electron chi connectivity index (χ3n) is 2.78. The predicted octanol–water partition coefficient (Wildman–Crippen LogP) is -3.27. The summed E-state index contributed by atoms with van der Waals surface area (Å²) in [7, 11) is 0. The Bertz CT molecular complexity index is 356. The molecule has 0 saturated carbocycles. The lowest BCUT2D eigenvalue weighted by atomic mass is 9.99. The molecule has 1 aliphatic rings. The zero-order chi connectivity index (χ0) is 15.4. The maximum atomic E-state index is 10.8. The number of aliphatic hydroxyl groups is 4. The van der Waals surface area contributed by atoms with Gasteiger partial charge in [0.15, 0.2) is 12.4 Å². The van der Waals surface area contributed by atoms with E-state index in [-0.39, 0.29) is 0 Å². The summed E-state index contributed by atoms with van der Waals surface area (Å²) in [4.78, 5) is 21.3. The number of rotatable bonds is 6. The van der Waals surface area contributed by atoms with Crippen LogP contribution in [0.1, 0.15) is 6.42 Å². The average Bonchev–Trinajstić information content (AvgIpc) is 2.37. The number of carboxylic acids is 2. The first-order valence-corrected chi connectivity index (χ1v) is 5.68. The van der Waals surface area contributed by atoms with Gasteiger partial charge in [-0.1, -0.05) is 0 Å². The van der Waals surface area contributed by atoms with Crippen molar-refractivity contribution in [2.45, 2.75) is 43.2 Å². The Balaban J connectivity index is 2.77. The van der Waals surface area contributed by atoms with Crippen LogP contribution in [0.5, 0.6) is 0 Å². The van der Waals surface area contributed by atoms with Crippen LogP contribution in [0.2, 0.25) is 0 Å². The number of aliphatic carboxylic acids is 2. The second-order valence-electron chi connectivity index (χ2n) is 4.26. The molecular weight excluding hydrogens is 280 g/mol. The number of hydrogen-bond donors (Lipinski definition) is 6. The molecule has 10 nitrogen and oxygen atoms in total. The van der Waals surface area contributed by atoms with Gasteiger partial charge in [-0.2, -0.15) is 0 Å². The molecule has 0 aromatic heterocycles. The van der Waals surface area contributed by atoms with Crippen LogP contribution in [0.15, 0.2) is 0 Å². The van der Waals surface area contributed by atoms with E-state index >= 15 is 0 Å². The summed E-state index contributed by atoms with van der Waals surface area (Å²) in [6.45, 7) is -0.707. The van der Waals surface area contributed by atoms with Crippen molar-refractivity contribution in [3.63, 3.8) is 0 Å². The highest BCUT2D eigenvalue weighted by atomic mass is 16.7. The molecule has 116 valence electrons. The molecule has 1 fully saturated rings. The maximum Gasteiger partial charge on any atom is 0.333 e. The molecular formula is C10H16O10. The highest BCUT2D eigenvalue weighted by molar-refractivity contribution is 5.79. The number of aliphatic hydroxyl groups excluding tert-OH is 4. The van der Waals surface area contributed by atoms with Crippen LogP contribution < -0.4 is 0 Å². The SMILES string of the molecule is O=C(O)CC(O[C@@H]1O[C@H](CO)[C@@H](O)[C@H](O)[C@H]1O)C(=O)O. The second kappa shape index (κ2) is 6.92. The summed E-state index contributed by atoms with van der Waals surface area (Å²) in [5, 5.41) is 54.8. The quantitative estimate of drug-likeness (QED) is 0.292. The van der Waals surface area contributed by atoms with Crippen LogP contribution in [0.4, 0.5) is 0 Å². The summed E-state index contributed by atoms with van der Waals surface area (Å²) in [5.41, 5.74) is 0. The Morgan fingerprint density at radius 2 is 1.70 bits per heavy atom. The van der Waals surface area contributed by atoms with Crippen molar-refractivity contribution in [1.29, 1.82) is 0 Å². The van der Waals surface area contributed by atoms with Gasteiger partial charge in [-0.05, 0) is 0 Å². The zero-order valence-electron chi connectivity index (χ0n) is 10.2. The molecule has 6 atom stereocenters. The lowest BCUT2D eigenvalue weighted by Crippen LogP contribution is -2.60. The topological polar surface area (TPSA) is 174 Å². The van der Waals surface area contributed by atoms with Crippen molar-refractivity contribution >= 4 is 11.9 Å². The first kappa shape index (κ1) is 16.8. The fourth-order valence-electron chi connectivity index (χ4n) is 1.69. The molecule has 20 heavy (non-hydrogen) atoms. The molecule has 0 bridgehead atoms. The van der Waals surface area contributed by atoms with Crippen LogP contribution >= 0.6 is 0 Å². The van der Waals surface area contributed by atoms with Crippen molar-refractivity contribution in [3.05, 3.63) is 0 Å². The molecule has 0 spiro atoms. The lowest BCUT2D eigenvalue weighted by Gasteiger charge is -2.40. The molecule has 1 rings (SSSR count). The van der Waals surface area contributed by atoms with Gasteiger partial charge < -0.3 is 40.1 Å². The van der Waals surface area contributed by atoms with E-state index in [9.17, 15) is 24.9 Å². The minimum atomic E-state index is -1.81. The lowest BCUT2D eigenvalue weighted by molar-refractivity contribution is -0.310. The molecule has 0 aliphatic carbocycles. The van der Waals surface area contributed by atoms with E-state index in [0.717, 1.165) is 0 Å². The monoisotopic (exact) mass is 296 g/mol. The predicted molar refractivity (Wildman–Crippen MR) is 58.5 cm³/mol. The van der Waals surface area contributed by atoms with E-state index in [0.29, 0.717) is 0 Å². The number of carboxylic acid groups (broad SMARTS) is 2. The molecule has 6 N–H and O–H groups in total. The summed E-state index contributed by atoms with van der Waals surface area (Å²) < 4.78 is 9.70. The number of hydrogen-bond acceptors (Lipinski definition) is 8. The molecule has 0 amide bonds. The van der Waals surface area contributed by atoms with Crippen molar-refractivity contribution in [2.24, 2.45) is 0 Å². The van der Waals surface area contributed by atoms with Crippen LogP contribution in [-0.2, 0) is 19.1 Å².